The number of hydrogen-bond acceptors (Lipinski definition) is 2. The molecule has 0 atom stereocenters. The maximum atomic E-state index is 6.48. The SMILES string of the molecule is CC1(C)c2ccc(Cc3ccc(N(c4ccc(-c5ccccc5)cc4)c4cccc(-c5cccc6c5oc5ccccc56)c4)cc3)cc2-c2ccc(-c3ccccc3)cc21. The van der Waals surface area contributed by atoms with Crippen molar-refractivity contribution < 1.29 is 4.42 Å². The Hall–Kier alpha value is -7.42. The largest absolute Gasteiger partial charge is 0.455 e. The fraction of sp³-hybridized carbons (Fsp3) is 0.0690. The minimum Gasteiger partial charge on any atom is -0.455 e. The summed E-state index contributed by atoms with van der Waals surface area (Å²) in [4.78, 5) is 2.36. The smallest absolute Gasteiger partial charge is 0.143 e. The molecule has 2 heteroatoms. The molecule has 0 fully saturated rings. The van der Waals surface area contributed by atoms with Gasteiger partial charge < -0.3 is 9.32 Å². The van der Waals surface area contributed by atoms with E-state index in [0.29, 0.717) is 0 Å². The van der Waals surface area contributed by atoms with Gasteiger partial charge in [0.25, 0.3) is 0 Å². The molecule has 0 bridgehead atoms. The number of nitrogens with zero attached hydrogens (tertiary/aromatic N) is 1. The molecule has 286 valence electrons. The zero-order valence-corrected chi connectivity index (χ0v) is 33.8. The third-order valence-electron chi connectivity index (χ3n) is 12.5. The minimum atomic E-state index is -0.0612. The van der Waals surface area contributed by atoms with E-state index in [1.165, 1.54) is 55.6 Å². The quantitative estimate of drug-likeness (QED) is 0.153. The van der Waals surface area contributed by atoms with Crippen LogP contribution in [0.4, 0.5) is 17.1 Å². The van der Waals surface area contributed by atoms with Gasteiger partial charge in [0, 0.05) is 38.8 Å². The normalized spacial score (nSPS) is 12.7. The second-order valence-electron chi connectivity index (χ2n) is 16.6. The molecule has 0 spiro atoms. The maximum Gasteiger partial charge on any atom is 0.143 e. The van der Waals surface area contributed by atoms with E-state index < -0.39 is 0 Å². The van der Waals surface area contributed by atoms with Crippen LogP contribution in [0.25, 0.3) is 66.4 Å². The second-order valence-corrected chi connectivity index (χ2v) is 16.6. The highest BCUT2D eigenvalue weighted by Crippen LogP contribution is 2.50. The van der Waals surface area contributed by atoms with Gasteiger partial charge in [0.15, 0.2) is 0 Å². The average Bonchev–Trinajstić information content (AvgIpc) is 3.79. The van der Waals surface area contributed by atoms with E-state index in [0.717, 1.165) is 56.5 Å². The summed E-state index contributed by atoms with van der Waals surface area (Å²) in [5.41, 5.74) is 20.2. The molecule has 1 heterocycles. The summed E-state index contributed by atoms with van der Waals surface area (Å²) in [5, 5.41) is 2.27. The van der Waals surface area contributed by atoms with Crippen molar-refractivity contribution in [2.75, 3.05) is 4.90 Å². The Morgan fingerprint density at radius 2 is 0.983 bits per heavy atom. The van der Waals surface area contributed by atoms with Crippen molar-refractivity contribution in [2.45, 2.75) is 25.7 Å². The number of furan rings is 1. The van der Waals surface area contributed by atoms with Crippen LogP contribution in [0.1, 0.15) is 36.1 Å². The maximum absolute atomic E-state index is 6.48. The van der Waals surface area contributed by atoms with Gasteiger partial charge in [0.05, 0.1) is 0 Å². The summed E-state index contributed by atoms with van der Waals surface area (Å²) in [6.07, 6.45) is 0.855. The van der Waals surface area contributed by atoms with Crippen molar-refractivity contribution in [3.63, 3.8) is 0 Å². The van der Waals surface area contributed by atoms with Gasteiger partial charge in [-0.1, -0.05) is 178 Å². The lowest BCUT2D eigenvalue weighted by Gasteiger charge is -2.26. The molecule has 0 saturated heterocycles. The number of anilines is 3. The van der Waals surface area contributed by atoms with Gasteiger partial charge in [-0.2, -0.15) is 0 Å². The number of rotatable bonds is 8. The molecule has 0 radical (unpaired) electrons. The molecule has 10 aromatic rings. The molecule has 0 unspecified atom stereocenters. The standard InChI is InChI=1S/C58H43NO/c1-58(2)54-34-25-40(36-53(54)50-33-28-44(38-55(50)58)42-15-7-4-8-16-42)35-39-23-29-46(30-24-39)59(47-31-26-43(27-32-47)41-13-5-3-6-14-41)48-18-11-17-45(37-48)49-20-12-21-52-51-19-9-10-22-56(51)60-57(49)52/h3-34,36-38H,35H2,1-2H3. The molecule has 11 rings (SSSR count). The second kappa shape index (κ2) is 14.4. The van der Waals surface area contributed by atoms with E-state index in [2.05, 4.69) is 219 Å². The molecule has 0 N–H and O–H groups in total. The summed E-state index contributed by atoms with van der Waals surface area (Å²) in [5.74, 6) is 0. The van der Waals surface area contributed by atoms with Crippen LogP contribution in [0.15, 0.2) is 217 Å². The molecule has 1 aliphatic rings. The van der Waals surface area contributed by atoms with Crippen LogP contribution in [-0.2, 0) is 11.8 Å². The van der Waals surface area contributed by atoms with E-state index in [-0.39, 0.29) is 5.41 Å². The highest BCUT2D eigenvalue weighted by molar-refractivity contribution is 6.09. The van der Waals surface area contributed by atoms with Crippen LogP contribution in [-0.4, -0.2) is 0 Å². The molecular formula is C58H43NO. The molecule has 2 nitrogen and oxygen atoms in total. The first kappa shape index (κ1) is 35.7. The highest BCUT2D eigenvalue weighted by Gasteiger charge is 2.35. The van der Waals surface area contributed by atoms with Crippen LogP contribution in [0, 0.1) is 0 Å². The van der Waals surface area contributed by atoms with Crippen molar-refractivity contribution in [3.05, 3.63) is 235 Å². The lowest BCUT2D eigenvalue weighted by Crippen LogP contribution is -2.15. The third-order valence-corrected chi connectivity index (χ3v) is 12.5. The Balaban J connectivity index is 0.937. The Morgan fingerprint density at radius 3 is 1.75 bits per heavy atom. The van der Waals surface area contributed by atoms with Gasteiger partial charge in [0.2, 0.25) is 0 Å². The number of para-hydroxylation sites is 2. The Morgan fingerprint density at radius 1 is 0.383 bits per heavy atom. The fourth-order valence-electron chi connectivity index (χ4n) is 9.39. The zero-order valence-electron chi connectivity index (χ0n) is 33.8. The fourth-order valence-corrected chi connectivity index (χ4v) is 9.39. The van der Waals surface area contributed by atoms with Crippen LogP contribution < -0.4 is 4.90 Å². The van der Waals surface area contributed by atoms with E-state index in [1.54, 1.807) is 0 Å². The lowest BCUT2D eigenvalue weighted by molar-refractivity contribution is 0.660. The molecule has 9 aromatic carbocycles. The monoisotopic (exact) mass is 769 g/mol. The summed E-state index contributed by atoms with van der Waals surface area (Å²) < 4.78 is 6.48. The van der Waals surface area contributed by atoms with E-state index in [4.69, 9.17) is 4.42 Å². The minimum absolute atomic E-state index is 0.0612. The van der Waals surface area contributed by atoms with Gasteiger partial charge in [-0.05, 0) is 116 Å². The average molecular weight is 770 g/mol. The van der Waals surface area contributed by atoms with Crippen LogP contribution >= 0.6 is 0 Å². The van der Waals surface area contributed by atoms with Gasteiger partial charge in [-0.25, -0.2) is 0 Å². The van der Waals surface area contributed by atoms with Crippen molar-refractivity contribution in [1.82, 2.24) is 0 Å². The Kier molecular flexibility index (Phi) is 8.60. The first-order valence-corrected chi connectivity index (χ1v) is 20.9. The van der Waals surface area contributed by atoms with Crippen LogP contribution in [0.2, 0.25) is 0 Å². The van der Waals surface area contributed by atoms with Crippen molar-refractivity contribution in [1.29, 1.82) is 0 Å². The number of benzene rings is 9. The summed E-state index contributed by atoms with van der Waals surface area (Å²) in [6, 6.07) is 77.0. The third kappa shape index (κ3) is 6.20. The van der Waals surface area contributed by atoms with Crippen molar-refractivity contribution in [3.8, 4) is 44.5 Å². The number of fused-ring (bicyclic) bond motifs is 6. The zero-order chi connectivity index (χ0) is 40.2. The molecule has 1 aromatic heterocycles. The summed E-state index contributed by atoms with van der Waals surface area (Å²) in [6.45, 7) is 4.72. The van der Waals surface area contributed by atoms with Crippen molar-refractivity contribution >= 4 is 39.0 Å². The van der Waals surface area contributed by atoms with Gasteiger partial charge in [-0.3, -0.25) is 0 Å². The summed E-state index contributed by atoms with van der Waals surface area (Å²) >= 11 is 0. The summed E-state index contributed by atoms with van der Waals surface area (Å²) in [7, 11) is 0. The molecule has 0 saturated carbocycles. The first-order valence-electron chi connectivity index (χ1n) is 20.9. The molecule has 0 aliphatic heterocycles. The topological polar surface area (TPSA) is 16.4 Å². The van der Waals surface area contributed by atoms with E-state index >= 15 is 0 Å². The molecule has 0 amide bonds. The molecular weight excluding hydrogens is 727 g/mol. The molecule has 1 aliphatic carbocycles. The van der Waals surface area contributed by atoms with Crippen LogP contribution in [0.5, 0.6) is 0 Å². The van der Waals surface area contributed by atoms with Gasteiger partial charge in [-0.15, -0.1) is 0 Å². The lowest BCUT2D eigenvalue weighted by atomic mass is 9.81. The highest BCUT2D eigenvalue weighted by atomic mass is 16.3. The van der Waals surface area contributed by atoms with Crippen molar-refractivity contribution in [2.24, 2.45) is 0 Å². The predicted octanol–water partition coefficient (Wildman–Crippen LogP) is 16.0. The van der Waals surface area contributed by atoms with Crippen LogP contribution in [0.3, 0.4) is 0 Å². The number of hydrogen-bond donors (Lipinski definition) is 0. The van der Waals surface area contributed by atoms with Gasteiger partial charge >= 0.3 is 0 Å². The predicted molar refractivity (Wildman–Crippen MR) is 252 cm³/mol. The molecule has 60 heavy (non-hydrogen) atoms. The van der Waals surface area contributed by atoms with E-state index in [9.17, 15) is 0 Å². The van der Waals surface area contributed by atoms with E-state index in [1.807, 2.05) is 12.1 Å². The van der Waals surface area contributed by atoms with Gasteiger partial charge in [0.1, 0.15) is 11.2 Å². The first-order chi connectivity index (χ1) is 29.5. The Bertz CT molecular complexity index is 3170. The Labute approximate surface area is 351 Å².